The van der Waals surface area contributed by atoms with Crippen LogP contribution < -0.4 is 16.2 Å². The second-order valence-corrected chi connectivity index (χ2v) is 4.22. The maximum atomic E-state index is 11.2. The molecule has 0 aromatic carbocycles. The number of aromatic nitrogens is 2. The van der Waals surface area contributed by atoms with Gasteiger partial charge in [0.2, 0.25) is 11.6 Å². The van der Waals surface area contributed by atoms with Gasteiger partial charge in [0.1, 0.15) is 6.33 Å². The van der Waals surface area contributed by atoms with E-state index in [9.17, 15) is 10.1 Å². The molecule has 0 saturated heterocycles. The first-order valence-corrected chi connectivity index (χ1v) is 5.91. The average molecular weight is 252 g/mol. The van der Waals surface area contributed by atoms with E-state index in [2.05, 4.69) is 15.4 Å². The number of nitrogens with two attached hydrogens (primary N) is 1. The molecule has 0 unspecified atom stereocenters. The Morgan fingerprint density at radius 1 is 1.61 bits per heavy atom. The van der Waals surface area contributed by atoms with Crippen molar-refractivity contribution in [3.05, 3.63) is 16.4 Å². The summed E-state index contributed by atoms with van der Waals surface area (Å²) in [6.07, 6.45) is 4.30. The average Bonchev–Trinajstić information content (AvgIpc) is 3.19. The number of anilines is 2. The highest BCUT2D eigenvalue weighted by Gasteiger charge is 2.35. The van der Waals surface area contributed by atoms with Crippen LogP contribution in [-0.4, -0.2) is 27.5 Å². The van der Waals surface area contributed by atoms with E-state index in [1.54, 1.807) is 0 Å². The zero-order valence-corrected chi connectivity index (χ0v) is 10.2. The first-order valence-electron chi connectivity index (χ1n) is 5.91. The number of nitrogen functional groups attached to an aromatic ring is 1. The predicted octanol–water partition coefficient (Wildman–Crippen LogP) is 1.05. The highest BCUT2D eigenvalue weighted by atomic mass is 16.6. The summed E-state index contributed by atoms with van der Waals surface area (Å²) in [5.41, 5.74) is 2.10. The number of hydrogen-bond acceptors (Lipinski definition) is 7. The summed E-state index contributed by atoms with van der Waals surface area (Å²) in [7, 11) is 0. The Morgan fingerprint density at radius 2 is 2.33 bits per heavy atom. The van der Waals surface area contributed by atoms with E-state index in [-0.39, 0.29) is 11.5 Å². The minimum Gasteiger partial charge on any atom is -0.348 e. The van der Waals surface area contributed by atoms with Crippen molar-refractivity contribution >= 4 is 17.3 Å². The molecular formula is C10H16N6O2. The molecule has 1 aliphatic carbocycles. The summed E-state index contributed by atoms with van der Waals surface area (Å²) in [6, 6.07) is 0.351. The third-order valence-electron chi connectivity index (χ3n) is 2.85. The minimum absolute atomic E-state index is 0.0479. The fourth-order valence-corrected chi connectivity index (χ4v) is 1.94. The Kier molecular flexibility index (Phi) is 3.56. The van der Waals surface area contributed by atoms with Crippen molar-refractivity contribution in [1.29, 1.82) is 0 Å². The Balaban J connectivity index is 2.43. The summed E-state index contributed by atoms with van der Waals surface area (Å²) in [4.78, 5) is 20.5. The van der Waals surface area contributed by atoms with Gasteiger partial charge in [-0.15, -0.1) is 0 Å². The van der Waals surface area contributed by atoms with Gasteiger partial charge in [0.05, 0.1) is 4.92 Å². The van der Waals surface area contributed by atoms with Gasteiger partial charge < -0.3 is 10.3 Å². The molecule has 1 aromatic rings. The highest BCUT2D eigenvalue weighted by molar-refractivity contribution is 5.70. The monoisotopic (exact) mass is 252 g/mol. The highest BCUT2D eigenvalue weighted by Crippen LogP contribution is 2.37. The molecule has 18 heavy (non-hydrogen) atoms. The van der Waals surface area contributed by atoms with Gasteiger partial charge in [-0.25, -0.2) is 15.8 Å². The second kappa shape index (κ2) is 5.13. The molecule has 1 aliphatic rings. The SMILES string of the molecule is CCCN(c1ncnc(NN)c1[N+](=O)[O-])C1CC1. The quantitative estimate of drug-likeness (QED) is 0.442. The van der Waals surface area contributed by atoms with E-state index < -0.39 is 4.92 Å². The molecule has 1 heterocycles. The van der Waals surface area contributed by atoms with Crippen LogP contribution in [0.1, 0.15) is 26.2 Å². The number of nitrogens with zero attached hydrogens (tertiary/aromatic N) is 4. The number of nitro groups is 1. The molecule has 0 atom stereocenters. The van der Waals surface area contributed by atoms with Crippen LogP contribution in [0.4, 0.5) is 17.3 Å². The topological polar surface area (TPSA) is 110 Å². The van der Waals surface area contributed by atoms with E-state index in [1.165, 1.54) is 6.33 Å². The van der Waals surface area contributed by atoms with Crippen LogP contribution >= 0.6 is 0 Å². The van der Waals surface area contributed by atoms with Gasteiger partial charge in [0.15, 0.2) is 0 Å². The van der Waals surface area contributed by atoms with Crippen LogP contribution in [0.5, 0.6) is 0 Å². The minimum atomic E-state index is -0.491. The first-order chi connectivity index (χ1) is 8.69. The van der Waals surface area contributed by atoms with Crippen LogP contribution in [0, 0.1) is 10.1 Å². The van der Waals surface area contributed by atoms with E-state index >= 15 is 0 Å². The predicted molar refractivity (Wildman–Crippen MR) is 67.2 cm³/mol. The number of rotatable bonds is 6. The molecule has 8 heteroatoms. The maximum Gasteiger partial charge on any atom is 0.354 e. The summed E-state index contributed by atoms with van der Waals surface area (Å²) >= 11 is 0. The van der Waals surface area contributed by atoms with Crippen LogP contribution in [0.15, 0.2) is 6.33 Å². The lowest BCUT2D eigenvalue weighted by atomic mass is 10.3. The van der Waals surface area contributed by atoms with Crippen molar-refractivity contribution in [3.8, 4) is 0 Å². The second-order valence-electron chi connectivity index (χ2n) is 4.22. The molecule has 98 valence electrons. The van der Waals surface area contributed by atoms with Crippen molar-refractivity contribution in [3.63, 3.8) is 0 Å². The molecule has 0 radical (unpaired) electrons. The van der Waals surface area contributed by atoms with Gasteiger partial charge in [-0.05, 0) is 19.3 Å². The Hall–Kier alpha value is -1.96. The molecule has 0 aliphatic heterocycles. The largest absolute Gasteiger partial charge is 0.354 e. The molecular weight excluding hydrogens is 236 g/mol. The lowest BCUT2D eigenvalue weighted by Crippen LogP contribution is -2.29. The molecule has 1 fully saturated rings. The third kappa shape index (κ3) is 2.33. The lowest BCUT2D eigenvalue weighted by Gasteiger charge is -2.22. The van der Waals surface area contributed by atoms with Crippen molar-refractivity contribution in [2.45, 2.75) is 32.2 Å². The first kappa shape index (κ1) is 12.5. The molecule has 3 N–H and O–H groups in total. The molecule has 2 rings (SSSR count). The Morgan fingerprint density at radius 3 is 2.83 bits per heavy atom. The summed E-state index contributed by atoms with van der Waals surface area (Å²) < 4.78 is 0. The normalized spacial score (nSPS) is 14.3. The van der Waals surface area contributed by atoms with Gasteiger partial charge in [-0.3, -0.25) is 10.1 Å². The molecule has 1 saturated carbocycles. The van der Waals surface area contributed by atoms with Gasteiger partial charge >= 0.3 is 5.69 Å². The van der Waals surface area contributed by atoms with Crippen LogP contribution in [0.25, 0.3) is 0 Å². The fourth-order valence-electron chi connectivity index (χ4n) is 1.94. The van der Waals surface area contributed by atoms with E-state index in [0.29, 0.717) is 11.9 Å². The zero-order chi connectivity index (χ0) is 13.1. The lowest BCUT2D eigenvalue weighted by molar-refractivity contribution is -0.383. The van der Waals surface area contributed by atoms with E-state index in [4.69, 9.17) is 5.84 Å². The van der Waals surface area contributed by atoms with E-state index in [0.717, 1.165) is 25.8 Å². The van der Waals surface area contributed by atoms with Crippen molar-refractivity contribution in [2.24, 2.45) is 5.84 Å². The van der Waals surface area contributed by atoms with Crippen molar-refractivity contribution < 1.29 is 4.92 Å². The van der Waals surface area contributed by atoms with Gasteiger partial charge in [-0.1, -0.05) is 6.92 Å². The van der Waals surface area contributed by atoms with Crippen LogP contribution in [0.3, 0.4) is 0 Å². The maximum absolute atomic E-state index is 11.2. The summed E-state index contributed by atoms with van der Waals surface area (Å²) in [5.74, 6) is 5.66. The fraction of sp³-hybridized carbons (Fsp3) is 0.600. The van der Waals surface area contributed by atoms with Crippen molar-refractivity contribution in [1.82, 2.24) is 9.97 Å². The van der Waals surface area contributed by atoms with E-state index in [1.807, 2.05) is 11.8 Å². The van der Waals surface area contributed by atoms with Crippen molar-refractivity contribution in [2.75, 3.05) is 16.9 Å². The molecule has 0 spiro atoms. The number of nitrogens with one attached hydrogen (secondary N) is 1. The summed E-state index contributed by atoms with van der Waals surface area (Å²) in [6.45, 7) is 2.77. The van der Waals surface area contributed by atoms with Crippen LogP contribution in [0.2, 0.25) is 0 Å². The molecule has 0 amide bonds. The Bertz CT molecular complexity index is 448. The molecule has 0 bridgehead atoms. The molecule has 1 aromatic heterocycles. The summed E-state index contributed by atoms with van der Waals surface area (Å²) in [5, 5.41) is 11.2. The molecule has 8 nitrogen and oxygen atoms in total. The van der Waals surface area contributed by atoms with Crippen LogP contribution in [-0.2, 0) is 0 Å². The zero-order valence-electron chi connectivity index (χ0n) is 10.2. The smallest absolute Gasteiger partial charge is 0.348 e. The third-order valence-corrected chi connectivity index (χ3v) is 2.85. The number of hydrazine groups is 1. The standard InChI is InChI=1S/C10H16N6O2/c1-2-5-15(7-3-4-7)10-8(16(17)18)9(14-11)12-6-13-10/h6-7H,2-5,11H2,1H3,(H,12,13,14). The Labute approximate surface area is 104 Å². The van der Waals surface area contributed by atoms with Gasteiger partial charge in [0, 0.05) is 12.6 Å². The van der Waals surface area contributed by atoms with Gasteiger partial charge in [-0.2, -0.15) is 0 Å². The van der Waals surface area contributed by atoms with Gasteiger partial charge in [0.25, 0.3) is 0 Å². The number of hydrogen-bond donors (Lipinski definition) is 2.